The average molecular weight is 258 g/mol. The highest BCUT2D eigenvalue weighted by Crippen LogP contribution is 2.45. The van der Waals surface area contributed by atoms with E-state index in [0.717, 1.165) is 0 Å². The summed E-state index contributed by atoms with van der Waals surface area (Å²) in [5.41, 5.74) is -0.752. The molecule has 0 spiro atoms. The minimum atomic E-state index is -0.849. The van der Waals surface area contributed by atoms with E-state index >= 15 is 0 Å². The Morgan fingerprint density at radius 1 is 1.44 bits per heavy atom. The summed E-state index contributed by atoms with van der Waals surface area (Å²) in [6.45, 7) is 1.23. The molecule has 1 saturated carbocycles. The predicted octanol–water partition coefficient (Wildman–Crippen LogP) is -0.746. The van der Waals surface area contributed by atoms with E-state index in [4.69, 9.17) is 14.9 Å². The van der Waals surface area contributed by atoms with Gasteiger partial charge < -0.3 is 25.2 Å². The molecule has 0 aromatic heterocycles. The number of carbonyl (C=O) groups is 2. The van der Waals surface area contributed by atoms with E-state index in [1.807, 2.05) is 0 Å². The molecule has 102 valence electrons. The zero-order valence-corrected chi connectivity index (χ0v) is 10.1. The zero-order chi connectivity index (χ0) is 13.2. The molecule has 1 aliphatic heterocycles. The van der Waals surface area contributed by atoms with Crippen LogP contribution in [0.25, 0.3) is 0 Å². The van der Waals surface area contributed by atoms with Crippen LogP contribution in [0.3, 0.4) is 0 Å². The third kappa shape index (κ3) is 2.73. The molecule has 7 nitrogen and oxygen atoms in total. The molecule has 1 aliphatic carbocycles. The molecule has 3 N–H and O–H groups in total. The molecular weight excluding hydrogens is 240 g/mol. The number of carboxylic acid groups (broad SMARTS) is 1. The summed E-state index contributed by atoms with van der Waals surface area (Å²) in [6.07, 6.45) is 0.884. The highest BCUT2D eigenvalue weighted by atomic mass is 16.5. The highest BCUT2D eigenvalue weighted by Gasteiger charge is 2.50. The largest absolute Gasteiger partial charge is 0.481 e. The number of aliphatic hydroxyl groups excluding tert-OH is 1. The molecule has 18 heavy (non-hydrogen) atoms. The molecule has 1 unspecified atom stereocenters. The summed E-state index contributed by atoms with van der Waals surface area (Å²) in [5.74, 6) is -0.849. The Kier molecular flexibility index (Phi) is 3.72. The fourth-order valence-electron chi connectivity index (χ4n) is 1.99. The summed E-state index contributed by atoms with van der Waals surface area (Å²) in [5, 5.41) is 20.6. The lowest BCUT2D eigenvalue weighted by Gasteiger charge is -2.32. The van der Waals surface area contributed by atoms with Gasteiger partial charge in [-0.25, -0.2) is 4.79 Å². The first-order chi connectivity index (χ1) is 8.57. The number of nitrogens with one attached hydrogen (secondary N) is 1. The highest BCUT2D eigenvalue weighted by molar-refractivity contribution is 5.80. The molecule has 2 rings (SSSR count). The number of hydrogen-bond acceptors (Lipinski definition) is 4. The molecule has 0 aromatic rings. The van der Waals surface area contributed by atoms with Crippen molar-refractivity contribution in [2.45, 2.75) is 18.9 Å². The zero-order valence-electron chi connectivity index (χ0n) is 10.1. The summed E-state index contributed by atoms with van der Waals surface area (Å²) >= 11 is 0. The normalized spacial score (nSPS) is 25.6. The van der Waals surface area contributed by atoms with Crippen LogP contribution in [0.2, 0.25) is 0 Å². The summed E-state index contributed by atoms with van der Waals surface area (Å²) in [6, 6.07) is -0.288. The first-order valence-electron chi connectivity index (χ1n) is 6.06. The predicted molar refractivity (Wildman–Crippen MR) is 61.1 cm³/mol. The van der Waals surface area contributed by atoms with Crippen LogP contribution in [0.4, 0.5) is 4.79 Å². The monoisotopic (exact) mass is 258 g/mol. The average Bonchev–Trinajstić information content (AvgIpc) is 3.17. The van der Waals surface area contributed by atoms with Crippen LogP contribution < -0.4 is 5.32 Å². The molecule has 2 aliphatic rings. The summed E-state index contributed by atoms with van der Waals surface area (Å²) in [7, 11) is 0. The fraction of sp³-hybridized carbons (Fsp3) is 0.818. The molecule has 1 heterocycles. The Bertz CT molecular complexity index is 342. The van der Waals surface area contributed by atoms with Crippen LogP contribution in [0.5, 0.6) is 0 Å². The Morgan fingerprint density at radius 3 is 2.72 bits per heavy atom. The number of nitrogens with zero attached hydrogens (tertiary/aromatic N) is 1. The third-order valence-corrected chi connectivity index (χ3v) is 3.51. The number of ether oxygens (including phenoxy) is 1. The molecule has 7 heteroatoms. The number of aliphatic carboxylic acids is 1. The smallest absolute Gasteiger partial charge is 0.317 e. The van der Waals surface area contributed by atoms with E-state index in [1.54, 1.807) is 4.90 Å². The SMILES string of the molecule is O=C(NCC1(C(=O)O)CC1)N1CCOC(CO)C1. The van der Waals surface area contributed by atoms with Crippen molar-refractivity contribution in [2.24, 2.45) is 5.41 Å². The van der Waals surface area contributed by atoms with Gasteiger partial charge in [0.25, 0.3) is 0 Å². The topological polar surface area (TPSA) is 99.1 Å². The number of urea groups is 1. The second-order valence-electron chi connectivity index (χ2n) is 4.87. The van der Waals surface area contributed by atoms with E-state index < -0.39 is 11.4 Å². The molecule has 1 saturated heterocycles. The molecule has 0 radical (unpaired) electrons. The van der Waals surface area contributed by atoms with Crippen molar-refractivity contribution in [1.82, 2.24) is 10.2 Å². The van der Waals surface area contributed by atoms with Gasteiger partial charge in [-0.3, -0.25) is 4.79 Å². The molecule has 2 amide bonds. The first-order valence-corrected chi connectivity index (χ1v) is 6.06. The second-order valence-corrected chi connectivity index (χ2v) is 4.87. The van der Waals surface area contributed by atoms with Crippen LogP contribution in [0.1, 0.15) is 12.8 Å². The Labute approximate surface area is 105 Å². The van der Waals surface area contributed by atoms with Crippen LogP contribution >= 0.6 is 0 Å². The number of carboxylic acids is 1. The maximum Gasteiger partial charge on any atom is 0.317 e. The molecular formula is C11H18N2O5. The number of hydrogen-bond donors (Lipinski definition) is 3. The molecule has 0 bridgehead atoms. The van der Waals surface area contributed by atoms with Crippen molar-refractivity contribution in [3.8, 4) is 0 Å². The summed E-state index contributed by atoms with van der Waals surface area (Å²) in [4.78, 5) is 24.3. The van der Waals surface area contributed by atoms with E-state index in [2.05, 4.69) is 5.32 Å². The van der Waals surface area contributed by atoms with Crippen molar-refractivity contribution in [2.75, 3.05) is 32.8 Å². The third-order valence-electron chi connectivity index (χ3n) is 3.51. The van der Waals surface area contributed by atoms with Crippen LogP contribution in [0.15, 0.2) is 0 Å². The minimum Gasteiger partial charge on any atom is -0.481 e. The standard InChI is InChI=1S/C11H18N2O5/c14-6-8-5-13(3-4-18-8)10(17)12-7-11(1-2-11)9(15)16/h8,14H,1-7H2,(H,12,17)(H,15,16). The number of amides is 2. The lowest BCUT2D eigenvalue weighted by Crippen LogP contribution is -2.51. The Balaban J connectivity index is 1.79. The maximum absolute atomic E-state index is 11.8. The van der Waals surface area contributed by atoms with Crippen LogP contribution in [-0.4, -0.2) is 66.1 Å². The van der Waals surface area contributed by atoms with Gasteiger partial charge in [0.15, 0.2) is 0 Å². The van der Waals surface area contributed by atoms with Crippen LogP contribution in [-0.2, 0) is 9.53 Å². The van der Waals surface area contributed by atoms with Gasteiger partial charge in [-0.2, -0.15) is 0 Å². The first kappa shape index (κ1) is 13.1. The Hall–Kier alpha value is -1.34. The number of aliphatic hydroxyl groups is 1. The van der Waals surface area contributed by atoms with Crippen molar-refractivity contribution in [1.29, 1.82) is 0 Å². The van der Waals surface area contributed by atoms with E-state index in [1.165, 1.54) is 0 Å². The van der Waals surface area contributed by atoms with Gasteiger partial charge in [-0.05, 0) is 12.8 Å². The molecule has 0 aromatic carbocycles. The van der Waals surface area contributed by atoms with Gasteiger partial charge in [0.05, 0.1) is 31.3 Å². The quantitative estimate of drug-likeness (QED) is 0.616. The van der Waals surface area contributed by atoms with Crippen molar-refractivity contribution in [3.63, 3.8) is 0 Å². The van der Waals surface area contributed by atoms with Gasteiger partial charge in [-0.15, -0.1) is 0 Å². The van der Waals surface area contributed by atoms with Crippen molar-refractivity contribution < 1.29 is 24.5 Å². The second kappa shape index (κ2) is 5.11. The van der Waals surface area contributed by atoms with Crippen molar-refractivity contribution >= 4 is 12.0 Å². The Morgan fingerprint density at radius 2 is 2.17 bits per heavy atom. The minimum absolute atomic E-state index is 0.122. The van der Waals surface area contributed by atoms with Gasteiger partial charge >= 0.3 is 12.0 Å². The van der Waals surface area contributed by atoms with Crippen LogP contribution in [0, 0.1) is 5.41 Å². The van der Waals surface area contributed by atoms with Gasteiger partial charge in [0, 0.05) is 13.1 Å². The summed E-state index contributed by atoms with van der Waals surface area (Å²) < 4.78 is 5.24. The van der Waals surface area contributed by atoms with Gasteiger partial charge in [0.1, 0.15) is 0 Å². The number of rotatable bonds is 4. The fourth-order valence-corrected chi connectivity index (χ4v) is 1.99. The maximum atomic E-state index is 11.8. The van der Waals surface area contributed by atoms with E-state index in [-0.39, 0.29) is 25.3 Å². The lowest BCUT2D eigenvalue weighted by atomic mass is 10.1. The lowest BCUT2D eigenvalue weighted by molar-refractivity contribution is -0.143. The molecule has 2 fully saturated rings. The number of morpholine rings is 1. The van der Waals surface area contributed by atoms with Gasteiger partial charge in [-0.1, -0.05) is 0 Å². The van der Waals surface area contributed by atoms with Crippen molar-refractivity contribution in [3.05, 3.63) is 0 Å². The molecule has 1 atom stereocenters. The number of carbonyl (C=O) groups excluding carboxylic acids is 1. The van der Waals surface area contributed by atoms with E-state index in [9.17, 15) is 9.59 Å². The van der Waals surface area contributed by atoms with E-state index in [0.29, 0.717) is 32.5 Å². The van der Waals surface area contributed by atoms with Gasteiger partial charge in [0.2, 0.25) is 0 Å².